The van der Waals surface area contributed by atoms with E-state index in [1.54, 1.807) is 0 Å². The summed E-state index contributed by atoms with van der Waals surface area (Å²) in [6.07, 6.45) is 8.59. The third-order valence-electron chi connectivity index (χ3n) is 7.66. The van der Waals surface area contributed by atoms with Gasteiger partial charge in [0.25, 0.3) is 0 Å². The van der Waals surface area contributed by atoms with Crippen molar-refractivity contribution in [1.82, 2.24) is 14.8 Å². The zero-order valence-electron chi connectivity index (χ0n) is 19.0. The molecule has 1 atom stereocenters. The molecule has 0 amide bonds. The smallest absolute Gasteiger partial charge is 0.325 e. The number of aliphatic carboxylic acids is 1. The first-order chi connectivity index (χ1) is 15.7. The van der Waals surface area contributed by atoms with Crippen LogP contribution >= 0.6 is 0 Å². The molecule has 3 aliphatic rings. The molecule has 2 saturated heterocycles. The van der Waals surface area contributed by atoms with Gasteiger partial charge in [0.15, 0.2) is 0 Å². The van der Waals surface area contributed by atoms with Gasteiger partial charge in [-0.1, -0.05) is 36.4 Å². The second-order valence-electron chi connectivity index (χ2n) is 10.0. The van der Waals surface area contributed by atoms with Gasteiger partial charge in [-0.3, -0.25) is 14.7 Å². The predicted octanol–water partition coefficient (Wildman–Crippen LogP) is 3.97. The van der Waals surface area contributed by atoms with Crippen LogP contribution in [0.5, 0.6) is 0 Å². The van der Waals surface area contributed by atoms with Crippen LogP contribution in [-0.4, -0.2) is 58.6 Å². The lowest BCUT2D eigenvalue weighted by Gasteiger charge is -2.45. The molecule has 0 bridgehead atoms. The SMILES string of the molecule is O=C(O)C(c1ccccc1)N1CC(CN2CCC(Cc3ccc4c(n3)CCCC4)CC2)C1. The van der Waals surface area contributed by atoms with Crippen LogP contribution in [0.2, 0.25) is 0 Å². The fourth-order valence-electron chi connectivity index (χ4n) is 5.86. The molecule has 2 aromatic rings. The summed E-state index contributed by atoms with van der Waals surface area (Å²) in [5.41, 5.74) is 5.01. The Bertz CT molecular complexity index is 918. The largest absolute Gasteiger partial charge is 0.480 e. The molecule has 2 aliphatic heterocycles. The summed E-state index contributed by atoms with van der Waals surface area (Å²) in [5.74, 6) is 0.582. The van der Waals surface area contributed by atoms with Crippen molar-refractivity contribution in [3.63, 3.8) is 0 Å². The lowest BCUT2D eigenvalue weighted by Crippen LogP contribution is -2.54. The van der Waals surface area contributed by atoms with Crippen LogP contribution in [0.15, 0.2) is 42.5 Å². The van der Waals surface area contributed by atoms with E-state index in [1.165, 1.54) is 49.1 Å². The summed E-state index contributed by atoms with van der Waals surface area (Å²) in [6, 6.07) is 13.7. The highest BCUT2D eigenvalue weighted by molar-refractivity contribution is 5.75. The summed E-state index contributed by atoms with van der Waals surface area (Å²) in [6.45, 7) is 5.18. The summed E-state index contributed by atoms with van der Waals surface area (Å²) >= 11 is 0. The van der Waals surface area contributed by atoms with Gasteiger partial charge < -0.3 is 10.0 Å². The van der Waals surface area contributed by atoms with Gasteiger partial charge >= 0.3 is 5.97 Å². The molecule has 1 aromatic heterocycles. The van der Waals surface area contributed by atoms with Gasteiger partial charge in [0.1, 0.15) is 6.04 Å². The minimum atomic E-state index is -0.744. The monoisotopic (exact) mass is 433 g/mol. The van der Waals surface area contributed by atoms with Gasteiger partial charge in [-0.25, -0.2) is 0 Å². The Morgan fingerprint density at radius 1 is 1.00 bits per heavy atom. The highest BCUT2D eigenvalue weighted by atomic mass is 16.4. The van der Waals surface area contributed by atoms with Crippen LogP contribution in [0.3, 0.4) is 0 Å². The van der Waals surface area contributed by atoms with E-state index >= 15 is 0 Å². The van der Waals surface area contributed by atoms with Crippen molar-refractivity contribution >= 4 is 5.97 Å². The van der Waals surface area contributed by atoms with Gasteiger partial charge in [-0.15, -0.1) is 0 Å². The number of carboxylic acid groups (broad SMARTS) is 1. The molecular weight excluding hydrogens is 398 g/mol. The Morgan fingerprint density at radius 2 is 1.75 bits per heavy atom. The van der Waals surface area contributed by atoms with Gasteiger partial charge in [0.2, 0.25) is 0 Å². The summed E-state index contributed by atoms with van der Waals surface area (Å²) < 4.78 is 0. The van der Waals surface area contributed by atoms with E-state index in [2.05, 4.69) is 21.9 Å². The highest BCUT2D eigenvalue weighted by Crippen LogP contribution is 2.31. The van der Waals surface area contributed by atoms with Gasteiger partial charge in [0.05, 0.1) is 0 Å². The van der Waals surface area contributed by atoms with Crippen molar-refractivity contribution in [3.05, 3.63) is 65.0 Å². The van der Waals surface area contributed by atoms with Gasteiger partial charge in [-0.2, -0.15) is 0 Å². The molecule has 1 aliphatic carbocycles. The summed E-state index contributed by atoms with van der Waals surface area (Å²) in [7, 11) is 0. The number of benzene rings is 1. The fraction of sp³-hybridized carbons (Fsp3) is 0.556. The number of fused-ring (bicyclic) bond motifs is 1. The molecular formula is C27H35N3O2. The first kappa shape index (κ1) is 21.6. The van der Waals surface area contributed by atoms with Crippen LogP contribution < -0.4 is 0 Å². The molecule has 5 rings (SSSR count). The van der Waals surface area contributed by atoms with E-state index < -0.39 is 12.0 Å². The van der Waals surface area contributed by atoms with Gasteiger partial charge in [-0.05, 0) is 87.1 Å². The standard InChI is InChI=1S/C27H35N3O2/c31-27(32)26(23-7-2-1-3-8-23)30-18-21(19-30)17-29-14-12-20(13-15-29)16-24-11-10-22-6-4-5-9-25(22)28-24/h1-3,7-8,10-11,20-21,26H,4-6,9,12-19H2,(H,31,32). The molecule has 170 valence electrons. The molecule has 3 heterocycles. The van der Waals surface area contributed by atoms with Crippen LogP contribution in [-0.2, 0) is 24.1 Å². The third-order valence-corrected chi connectivity index (χ3v) is 7.66. The fourth-order valence-corrected chi connectivity index (χ4v) is 5.86. The van der Waals surface area contributed by atoms with Crippen LogP contribution in [0, 0.1) is 11.8 Å². The molecule has 2 fully saturated rings. The maximum absolute atomic E-state index is 11.8. The molecule has 0 saturated carbocycles. The molecule has 1 N–H and O–H groups in total. The topological polar surface area (TPSA) is 56.7 Å². The highest BCUT2D eigenvalue weighted by Gasteiger charge is 2.38. The van der Waals surface area contributed by atoms with E-state index in [1.807, 2.05) is 30.3 Å². The maximum Gasteiger partial charge on any atom is 0.325 e. The second kappa shape index (κ2) is 9.72. The van der Waals surface area contributed by atoms with E-state index in [0.717, 1.165) is 57.0 Å². The van der Waals surface area contributed by atoms with Crippen LogP contribution in [0.25, 0.3) is 0 Å². The van der Waals surface area contributed by atoms with E-state index in [-0.39, 0.29) is 0 Å². The number of hydrogen-bond donors (Lipinski definition) is 1. The first-order valence-corrected chi connectivity index (χ1v) is 12.4. The number of nitrogens with zero attached hydrogens (tertiary/aromatic N) is 3. The number of hydrogen-bond acceptors (Lipinski definition) is 4. The zero-order chi connectivity index (χ0) is 21.9. The van der Waals surface area contributed by atoms with Crippen molar-refractivity contribution in [2.45, 2.75) is 51.0 Å². The van der Waals surface area contributed by atoms with Crippen molar-refractivity contribution in [2.24, 2.45) is 11.8 Å². The third kappa shape index (κ3) is 4.89. The lowest BCUT2D eigenvalue weighted by atomic mass is 9.89. The van der Waals surface area contributed by atoms with Crippen molar-refractivity contribution < 1.29 is 9.90 Å². The quantitative estimate of drug-likeness (QED) is 0.716. The number of rotatable bonds is 7. The molecule has 5 nitrogen and oxygen atoms in total. The Balaban J connectivity index is 1.07. The summed E-state index contributed by atoms with van der Waals surface area (Å²) in [4.78, 5) is 21.5. The minimum Gasteiger partial charge on any atom is -0.480 e. The number of carboxylic acids is 1. The normalized spacial score (nSPS) is 21.6. The number of likely N-dealkylation sites (tertiary alicyclic amines) is 2. The zero-order valence-corrected chi connectivity index (χ0v) is 19.0. The number of carbonyl (C=O) groups is 1. The number of piperidine rings is 1. The Labute approximate surface area is 191 Å². The van der Waals surface area contributed by atoms with E-state index in [0.29, 0.717) is 5.92 Å². The lowest BCUT2D eigenvalue weighted by molar-refractivity contribution is -0.147. The number of pyridine rings is 1. The van der Waals surface area contributed by atoms with Crippen LogP contribution in [0.4, 0.5) is 0 Å². The maximum atomic E-state index is 11.8. The Morgan fingerprint density at radius 3 is 2.50 bits per heavy atom. The molecule has 32 heavy (non-hydrogen) atoms. The van der Waals surface area contributed by atoms with E-state index in [9.17, 15) is 9.90 Å². The number of aryl methyl sites for hydroxylation is 2. The van der Waals surface area contributed by atoms with Gasteiger partial charge in [0, 0.05) is 31.0 Å². The average molecular weight is 434 g/mol. The van der Waals surface area contributed by atoms with Crippen molar-refractivity contribution in [1.29, 1.82) is 0 Å². The van der Waals surface area contributed by atoms with Crippen LogP contribution in [0.1, 0.15) is 54.2 Å². The average Bonchev–Trinajstić information content (AvgIpc) is 2.79. The Hall–Kier alpha value is -2.24. The van der Waals surface area contributed by atoms with Crippen molar-refractivity contribution in [2.75, 3.05) is 32.7 Å². The minimum absolute atomic E-state index is 0.512. The molecule has 0 spiro atoms. The van der Waals surface area contributed by atoms with Crippen molar-refractivity contribution in [3.8, 4) is 0 Å². The van der Waals surface area contributed by atoms with E-state index in [4.69, 9.17) is 4.98 Å². The first-order valence-electron chi connectivity index (χ1n) is 12.4. The molecule has 0 radical (unpaired) electrons. The molecule has 1 unspecified atom stereocenters. The second-order valence-corrected chi connectivity index (χ2v) is 10.0. The number of aromatic nitrogens is 1. The molecule has 5 heteroatoms. The Kier molecular flexibility index (Phi) is 6.56. The molecule has 1 aromatic carbocycles. The predicted molar refractivity (Wildman–Crippen MR) is 126 cm³/mol. The summed E-state index contributed by atoms with van der Waals surface area (Å²) in [5, 5.41) is 9.73.